The number of Topliss-reactive ketones (excluding diaryl/α,β-unsaturated/α-hetero) is 1. The molecule has 5 nitrogen and oxygen atoms in total. The molecule has 4 rings (SSSR count). The van der Waals surface area contributed by atoms with Crippen LogP contribution in [0.4, 0.5) is 0 Å². The van der Waals surface area contributed by atoms with Crippen molar-refractivity contribution in [3.8, 4) is 0 Å². The third-order valence-corrected chi connectivity index (χ3v) is 5.77. The molecule has 1 aliphatic rings. The Bertz CT molecular complexity index is 971. The lowest BCUT2D eigenvalue weighted by molar-refractivity contribution is 0.0962. The molecule has 2 aromatic heterocycles. The van der Waals surface area contributed by atoms with Crippen LogP contribution in [-0.4, -0.2) is 31.1 Å². The highest BCUT2D eigenvalue weighted by Gasteiger charge is 2.28. The normalized spacial score (nSPS) is 16.8. The van der Waals surface area contributed by atoms with Gasteiger partial charge in [-0.15, -0.1) is 5.10 Å². The molecule has 0 amide bonds. The topological polar surface area (TPSA) is 60.1 Å². The number of nitrogens with zero attached hydrogens (tertiary/aromatic N) is 4. The molecule has 2 heterocycles. The number of hydrogen-bond acceptors (Lipinski definition) is 5. The first-order valence-corrected chi connectivity index (χ1v) is 10.2. The number of halogens is 1. The van der Waals surface area contributed by atoms with Gasteiger partial charge in [0.2, 0.25) is 5.16 Å². The predicted octanol–water partition coefficient (Wildman–Crippen LogP) is 4.58. The van der Waals surface area contributed by atoms with E-state index in [1.165, 1.54) is 0 Å². The number of fused-ring (bicyclic) bond motifs is 2. The summed E-state index contributed by atoms with van der Waals surface area (Å²) in [4.78, 5) is 21.8. The third-order valence-electron chi connectivity index (χ3n) is 4.61. The zero-order valence-electron chi connectivity index (χ0n) is 14.5. The molecule has 1 aromatic carbocycles. The Hall–Kier alpha value is -1.92. The largest absolute Gasteiger partial charge is 0.294 e. The number of ketones is 1. The standard InChI is InChI=1S/C19H19ClN4OS/c1-2-3-7-26-19-22-18-21-16-9-13(12-5-4-6-14(20)8-12)10-17(25)15(16)11-24(18)23-19/h4-6,8,11,13H,2-3,7,9-10H2,1H3. The lowest BCUT2D eigenvalue weighted by Crippen LogP contribution is -2.21. The smallest absolute Gasteiger partial charge is 0.253 e. The van der Waals surface area contributed by atoms with Crippen molar-refractivity contribution >= 4 is 34.9 Å². The molecule has 1 aliphatic carbocycles. The molecule has 1 unspecified atom stereocenters. The Morgan fingerprint density at radius 3 is 3.00 bits per heavy atom. The van der Waals surface area contributed by atoms with E-state index in [-0.39, 0.29) is 11.7 Å². The molecular formula is C19H19ClN4OS. The van der Waals surface area contributed by atoms with Crippen molar-refractivity contribution in [1.82, 2.24) is 19.6 Å². The second kappa shape index (κ2) is 7.37. The fourth-order valence-electron chi connectivity index (χ4n) is 3.23. The van der Waals surface area contributed by atoms with Gasteiger partial charge < -0.3 is 0 Å². The summed E-state index contributed by atoms with van der Waals surface area (Å²) in [6.45, 7) is 2.16. The highest BCUT2D eigenvalue weighted by Crippen LogP contribution is 2.33. The maximum absolute atomic E-state index is 12.7. The van der Waals surface area contributed by atoms with Crippen molar-refractivity contribution in [3.05, 3.63) is 52.3 Å². The minimum absolute atomic E-state index is 0.0984. The van der Waals surface area contributed by atoms with Crippen LogP contribution in [0.15, 0.2) is 35.6 Å². The minimum atomic E-state index is 0.0984. The van der Waals surface area contributed by atoms with E-state index >= 15 is 0 Å². The summed E-state index contributed by atoms with van der Waals surface area (Å²) >= 11 is 7.74. The van der Waals surface area contributed by atoms with Gasteiger partial charge in [0, 0.05) is 23.4 Å². The second-order valence-electron chi connectivity index (χ2n) is 6.53. The van der Waals surface area contributed by atoms with Crippen LogP contribution in [0.25, 0.3) is 5.78 Å². The maximum atomic E-state index is 12.7. The number of aromatic nitrogens is 4. The van der Waals surface area contributed by atoms with E-state index in [4.69, 9.17) is 11.6 Å². The van der Waals surface area contributed by atoms with Crippen molar-refractivity contribution in [3.63, 3.8) is 0 Å². The second-order valence-corrected chi connectivity index (χ2v) is 8.02. The fraction of sp³-hybridized carbons (Fsp3) is 0.368. The van der Waals surface area contributed by atoms with Crippen LogP contribution in [0.3, 0.4) is 0 Å². The molecule has 0 bridgehead atoms. The summed E-state index contributed by atoms with van der Waals surface area (Å²) in [5, 5.41) is 5.86. The Kier molecular flexibility index (Phi) is 4.96. The van der Waals surface area contributed by atoms with Crippen molar-refractivity contribution in [2.45, 2.75) is 43.7 Å². The summed E-state index contributed by atoms with van der Waals surface area (Å²) in [5.41, 5.74) is 2.54. The van der Waals surface area contributed by atoms with Gasteiger partial charge in [0.25, 0.3) is 5.78 Å². The third kappa shape index (κ3) is 3.48. The number of benzene rings is 1. The van der Waals surface area contributed by atoms with Crippen molar-refractivity contribution in [1.29, 1.82) is 0 Å². The molecule has 1 atom stereocenters. The number of hydrogen-bond donors (Lipinski definition) is 0. The van der Waals surface area contributed by atoms with E-state index in [0.717, 1.165) is 29.9 Å². The summed E-state index contributed by atoms with van der Waals surface area (Å²) in [6, 6.07) is 7.72. The van der Waals surface area contributed by atoms with Crippen LogP contribution in [0.1, 0.15) is 53.7 Å². The molecule has 0 saturated heterocycles. The maximum Gasteiger partial charge on any atom is 0.253 e. The van der Waals surface area contributed by atoms with Gasteiger partial charge in [-0.25, -0.2) is 9.50 Å². The fourth-order valence-corrected chi connectivity index (χ4v) is 4.34. The van der Waals surface area contributed by atoms with Crippen molar-refractivity contribution in [2.75, 3.05) is 5.75 Å². The zero-order valence-corrected chi connectivity index (χ0v) is 16.1. The van der Waals surface area contributed by atoms with Crippen molar-refractivity contribution < 1.29 is 4.79 Å². The minimum Gasteiger partial charge on any atom is -0.294 e. The lowest BCUT2D eigenvalue weighted by Gasteiger charge is -2.23. The van der Waals surface area contributed by atoms with Crippen molar-refractivity contribution in [2.24, 2.45) is 0 Å². The summed E-state index contributed by atoms with van der Waals surface area (Å²) in [6.07, 6.45) is 5.23. The Morgan fingerprint density at radius 2 is 2.19 bits per heavy atom. The molecule has 134 valence electrons. The monoisotopic (exact) mass is 386 g/mol. The highest BCUT2D eigenvalue weighted by molar-refractivity contribution is 7.99. The number of carbonyl (C=O) groups excluding carboxylic acids is 1. The predicted molar refractivity (Wildman–Crippen MR) is 103 cm³/mol. The van der Waals surface area contributed by atoms with Gasteiger partial charge in [-0.3, -0.25) is 4.79 Å². The van der Waals surface area contributed by atoms with Gasteiger partial charge in [0.15, 0.2) is 5.78 Å². The lowest BCUT2D eigenvalue weighted by atomic mass is 9.82. The van der Waals surface area contributed by atoms with Gasteiger partial charge in [-0.05, 0) is 36.5 Å². The first-order chi connectivity index (χ1) is 12.6. The van der Waals surface area contributed by atoms with Crippen LogP contribution in [0.5, 0.6) is 0 Å². The summed E-state index contributed by atoms with van der Waals surface area (Å²) in [5.74, 6) is 1.75. The number of rotatable bonds is 5. The highest BCUT2D eigenvalue weighted by atomic mass is 35.5. The summed E-state index contributed by atoms with van der Waals surface area (Å²) < 4.78 is 1.63. The van der Waals surface area contributed by atoms with Crippen LogP contribution >= 0.6 is 23.4 Å². The van der Waals surface area contributed by atoms with E-state index in [1.807, 2.05) is 24.3 Å². The van der Waals surface area contributed by atoms with E-state index in [0.29, 0.717) is 34.4 Å². The SMILES string of the molecule is CCCCSc1nc2nc3c(cn2n1)C(=O)CC(c1cccc(Cl)c1)C3. The molecule has 0 radical (unpaired) electrons. The number of unbranched alkanes of at least 4 members (excludes halogenated alkanes) is 1. The molecule has 0 aliphatic heterocycles. The van der Waals surface area contributed by atoms with E-state index < -0.39 is 0 Å². The van der Waals surface area contributed by atoms with Gasteiger partial charge in [-0.2, -0.15) is 4.98 Å². The molecule has 0 N–H and O–H groups in total. The number of thioether (sulfide) groups is 1. The van der Waals surface area contributed by atoms with E-state index in [9.17, 15) is 4.79 Å². The van der Waals surface area contributed by atoms with Crippen LogP contribution in [0, 0.1) is 0 Å². The van der Waals surface area contributed by atoms with Crippen LogP contribution < -0.4 is 0 Å². The molecule has 0 fully saturated rings. The first kappa shape index (κ1) is 17.5. The van der Waals surface area contributed by atoms with Gasteiger partial charge in [0.1, 0.15) is 0 Å². The van der Waals surface area contributed by atoms with Gasteiger partial charge in [-0.1, -0.05) is 48.8 Å². The molecule has 3 aromatic rings. The molecule has 0 saturated carbocycles. The van der Waals surface area contributed by atoms with Crippen LogP contribution in [0.2, 0.25) is 5.02 Å². The molecule has 0 spiro atoms. The van der Waals surface area contributed by atoms with E-state index in [2.05, 4.69) is 22.0 Å². The van der Waals surface area contributed by atoms with Gasteiger partial charge >= 0.3 is 0 Å². The molecule has 26 heavy (non-hydrogen) atoms. The average Bonchev–Trinajstić information content (AvgIpc) is 3.02. The molecule has 7 heteroatoms. The first-order valence-electron chi connectivity index (χ1n) is 8.82. The Morgan fingerprint density at radius 1 is 1.31 bits per heavy atom. The number of carbonyl (C=O) groups is 1. The summed E-state index contributed by atoms with van der Waals surface area (Å²) in [7, 11) is 0. The van der Waals surface area contributed by atoms with E-state index in [1.54, 1.807) is 22.5 Å². The zero-order chi connectivity index (χ0) is 18.1. The van der Waals surface area contributed by atoms with Gasteiger partial charge in [0.05, 0.1) is 11.3 Å². The van der Waals surface area contributed by atoms with Crippen LogP contribution in [-0.2, 0) is 6.42 Å². The Labute approximate surface area is 161 Å². The quantitative estimate of drug-likeness (QED) is 0.474. The Balaban J connectivity index is 1.64. The average molecular weight is 387 g/mol. The molecular weight excluding hydrogens is 368 g/mol.